The number of allylic oxidation sites excluding steroid dienone is 1. The second-order valence-electron chi connectivity index (χ2n) is 6.86. The number of thiazole rings is 1. The Kier molecular flexibility index (Phi) is 5.38. The summed E-state index contributed by atoms with van der Waals surface area (Å²) in [6.07, 6.45) is 3.69. The average Bonchev–Trinajstić information content (AvgIpc) is 3.41. The zero-order valence-electron chi connectivity index (χ0n) is 15.9. The third kappa shape index (κ3) is 3.97. The first-order valence-corrected chi connectivity index (χ1v) is 10.4. The molecule has 7 nitrogen and oxygen atoms in total. The second-order valence-corrected chi connectivity index (χ2v) is 8.01. The molecule has 1 unspecified atom stereocenters. The van der Waals surface area contributed by atoms with Gasteiger partial charge in [0.05, 0.1) is 11.2 Å². The van der Waals surface area contributed by atoms with Crippen molar-refractivity contribution in [2.45, 2.75) is 18.9 Å². The van der Waals surface area contributed by atoms with Gasteiger partial charge in [-0.2, -0.15) is 0 Å². The van der Waals surface area contributed by atoms with Gasteiger partial charge < -0.3 is 10.4 Å². The largest absolute Gasteiger partial charge is 0.379 e. The summed E-state index contributed by atoms with van der Waals surface area (Å²) in [5.41, 5.74) is 1.66. The third-order valence-electron chi connectivity index (χ3n) is 4.77. The van der Waals surface area contributed by atoms with Crippen molar-refractivity contribution in [2.75, 3.05) is 5.32 Å². The lowest BCUT2D eigenvalue weighted by Crippen LogP contribution is -2.31. The van der Waals surface area contributed by atoms with Crippen molar-refractivity contribution >= 4 is 46.1 Å². The van der Waals surface area contributed by atoms with Crippen molar-refractivity contribution < 1.29 is 9.90 Å². The highest BCUT2D eigenvalue weighted by atomic mass is 35.5. The van der Waals surface area contributed by atoms with E-state index >= 15 is 0 Å². The van der Waals surface area contributed by atoms with Crippen molar-refractivity contribution in [1.29, 1.82) is 0 Å². The number of aromatic nitrogens is 2. The molecule has 1 aliphatic rings. The number of anilines is 1. The van der Waals surface area contributed by atoms with Gasteiger partial charge in [0.1, 0.15) is 17.1 Å². The Morgan fingerprint density at radius 2 is 2.17 bits per heavy atom. The normalized spacial score (nSPS) is 15.3. The average molecular weight is 441 g/mol. The molecule has 1 aromatic carbocycles. The number of nitrogens with zero attached hydrogens (tertiary/aromatic N) is 3. The van der Waals surface area contributed by atoms with Gasteiger partial charge in [-0.3, -0.25) is 14.2 Å². The van der Waals surface area contributed by atoms with Crippen molar-refractivity contribution in [3.05, 3.63) is 86.2 Å². The van der Waals surface area contributed by atoms with E-state index in [2.05, 4.69) is 15.3 Å². The van der Waals surface area contributed by atoms with Gasteiger partial charge in [-0.15, -0.1) is 11.3 Å². The predicted molar refractivity (Wildman–Crippen MR) is 118 cm³/mol. The Labute approximate surface area is 181 Å². The molecule has 0 saturated carbocycles. The fourth-order valence-corrected chi connectivity index (χ4v) is 3.82. The SMILES string of the molecule is CC(O)(C1=NC(n2ccc(NC(=O)c3cscn3)cc2=O)=CC1)c1cccc(Cl)c1. The number of halogens is 1. The van der Waals surface area contributed by atoms with E-state index < -0.39 is 5.60 Å². The van der Waals surface area contributed by atoms with Gasteiger partial charge in [0.2, 0.25) is 0 Å². The lowest BCUT2D eigenvalue weighted by molar-refractivity contribution is 0.102. The summed E-state index contributed by atoms with van der Waals surface area (Å²) in [6.45, 7) is 1.65. The first-order chi connectivity index (χ1) is 14.3. The number of nitrogens with one attached hydrogen (secondary N) is 1. The van der Waals surface area contributed by atoms with Crippen molar-refractivity contribution in [1.82, 2.24) is 9.55 Å². The monoisotopic (exact) mass is 440 g/mol. The van der Waals surface area contributed by atoms with Crippen LogP contribution in [0.5, 0.6) is 0 Å². The molecular formula is C21H17ClN4O3S. The molecule has 0 aliphatic carbocycles. The maximum absolute atomic E-state index is 12.6. The van der Waals surface area contributed by atoms with Crippen LogP contribution in [-0.4, -0.2) is 26.3 Å². The third-order valence-corrected chi connectivity index (χ3v) is 5.59. The first-order valence-electron chi connectivity index (χ1n) is 9.04. The number of carbonyl (C=O) groups is 1. The van der Waals surface area contributed by atoms with E-state index in [-0.39, 0.29) is 11.5 Å². The summed E-state index contributed by atoms with van der Waals surface area (Å²) in [6, 6.07) is 9.88. The molecular weight excluding hydrogens is 424 g/mol. The minimum absolute atomic E-state index is 0.292. The molecule has 1 atom stereocenters. The van der Waals surface area contributed by atoms with E-state index in [4.69, 9.17) is 11.6 Å². The molecule has 30 heavy (non-hydrogen) atoms. The summed E-state index contributed by atoms with van der Waals surface area (Å²) >= 11 is 7.36. The van der Waals surface area contributed by atoms with Crippen molar-refractivity contribution in [2.24, 2.45) is 4.99 Å². The molecule has 152 valence electrons. The van der Waals surface area contributed by atoms with Crippen LogP contribution < -0.4 is 10.9 Å². The first kappa shape index (κ1) is 20.2. The highest BCUT2D eigenvalue weighted by Gasteiger charge is 2.32. The van der Waals surface area contributed by atoms with Gasteiger partial charge in [0, 0.05) is 34.8 Å². The fourth-order valence-electron chi connectivity index (χ4n) is 3.10. The number of rotatable bonds is 5. The lowest BCUT2D eigenvalue weighted by atomic mass is 9.90. The summed E-state index contributed by atoms with van der Waals surface area (Å²) in [5.74, 6) is 0.0287. The van der Waals surface area contributed by atoms with E-state index in [9.17, 15) is 14.7 Å². The number of benzene rings is 1. The molecule has 3 heterocycles. The molecule has 4 rings (SSSR count). The van der Waals surface area contributed by atoms with Gasteiger partial charge in [0.15, 0.2) is 0 Å². The summed E-state index contributed by atoms with van der Waals surface area (Å²) in [7, 11) is 0. The number of hydrogen-bond donors (Lipinski definition) is 2. The van der Waals surface area contributed by atoms with Gasteiger partial charge in [-0.25, -0.2) is 9.98 Å². The van der Waals surface area contributed by atoms with Crippen LogP contribution in [0.2, 0.25) is 5.02 Å². The van der Waals surface area contributed by atoms with Crippen LogP contribution in [0.4, 0.5) is 5.69 Å². The zero-order valence-corrected chi connectivity index (χ0v) is 17.4. The van der Waals surface area contributed by atoms with Crippen LogP contribution in [0, 0.1) is 0 Å². The molecule has 0 radical (unpaired) electrons. The number of aliphatic hydroxyl groups is 1. The van der Waals surface area contributed by atoms with Crippen molar-refractivity contribution in [3.63, 3.8) is 0 Å². The van der Waals surface area contributed by atoms with Gasteiger partial charge in [0.25, 0.3) is 11.5 Å². The highest BCUT2D eigenvalue weighted by Crippen LogP contribution is 2.30. The summed E-state index contributed by atoms with van der Waals surface area (Å²) in [5, 5.41) is 15.8. The van der Waals surface area contributed by atoms with Crippen LogP contribution in [0.25, 0.3) is 5.82 Å². The van der Waals surface area contributed by atoms with Crippen LogP contribution in [-0.2, 0) is 5.60 Å². The molecule has 1 amide bonds. The number of amides is 1. The molecule has 0 saturated heterocycles. The molecule has 2 N–H and O–H groups in total. The standard InChI is InChI=1S/C21H17ClN4O3S/c1-21(29,13-3-2-4-14(22)9-13)17-5-6-18(25-17)26-8-7-15(10-19(26)27)24-20(28)16-11-30-12-23-16/h2-4,6-12,29H,5H2,1H3,(H,24,28). The molecule has 0 fully saturated rings. The second kappa shape index (κ2) is 7.98. The van der Waals surface area contributed by atoms with Crippen molar-refractivity contribution in [3.8, 4) is 0 Å². The zero-order chi connectivity index (χ0) is 21.3. The molecule has 0 bridgehead atoms. The minimum Gasteiger partial charge on any atom is -0.379 e. The molecule has 0 spiro atoms. The number of hydrogen-bond acceptors (Lipinski definition) is 6. The summed E-state index contributed by atoms with van der Waals surface area (Å²) < 4.78 is 1.36. The predicted octanol–water partition coefficient (Wildman–Crippen LogP) is 3.76. The molecule has 3 aromatic rings. The Hall–Kier alpha value is -3.07. The Morgan fingerprint density at radius 3 is 2.87 bits per heavy atom. The van der Waals surface area contributed by atoms with Crippen LogP contribution in [0.15, 0.2) is 69.3 Å². The van der Waals surface area contributed by atoms with E-state index in [0.717, 1.165) is 0 Å². The maximum Gasteiger partial charge on any atom is 0.275 e. The Balaban J connectivity index is 1.55. The van der Waals surface area contributed by atoms with Gasteiger partial charge in [-0.1, -0.05) is 23.7 Å². The Morgan fingerprint density at radius 1 is 1.33 bits per heavy atom. The Bertz CT molecular complexity index is 1230. The number of carbonyl (C=O) groups excluding carboxylic acids is 1. The van der Waals surface area contributed by atoms with Gasteiger partial charge in [-0.05, 0) is 36.8 Å². The quantitative estimate of drug-likeness (QED) is 0.631. The topological polar surface area (TPSA) is 96.6 Å². The summed E-state index contributed by atoms with van der Waals surface area (Å²) in [4.78, 5) is 33.1. The molecule has 2 aromatic heterocycles. The van der Waals surface area contributed by atoms with E-state index in [1.807, 2.05) is 0 Å². The number of aliphatic imine (C=N–C) groups is 1. The van der Waals surface area contributed by atoms with E-state index in [1.54, 1.807) is 54.2 Å². The number of pyridine rings is 1. The highest BCUT2D eigenvalue weighted by molar-refractivity contribution is 7.07. The maximum atomic E-state index is 12.6. The minimum atomic E-state index is -1.33. The molecule has 1 aliphatic heterocycles. The van der Waals surface area contributed by atoms with E-state index in [1.165, 1.54) is 28.2 Å². The van der Waals surface area contributed by atoms with E-state index in [0.29, 0.717) is 39.9 Å². The van der Waals surface area contributed by atoms with Crippen LogP contribution in [0.3, 0.4) is 0 Å². The molecule has 9 heteroatoms. The lowest BCUT2D eigenvalue weighted by Gasteiger charge is -2.24. The van der Waals surface area contributed by atoms with Gasteiger partial charge >= 0.3 is 0 Å². The smallest absolute Gasteiger partial charge is 0.275 e. The fraction of sp³-hybridized carbons (Fsp3) is 0.143. The van der Waals surface area contributed by atoms with Crippen LogP contribution in [0.1, 0.15) is 29.4 Å². The van der Waals surface area contributed by atoms with Crippen LogP contribution >= 0.6 is 22.9 Å².